The molecule has 3 N–H and O–H groups in total. The molecule has 0 aromatic heterocycles. The van der Waals surface area contributed by atoms with Crippen LogP contribution >= 0.6 is 11.6 Å². The molecule has 1 saturated heterocycles. The first-order valence-electron chi connectivity index (χ1n) is 8.25. The Balaban J connectivity index is 1.58. The van der Waals surface area contributed by atoms with Crippen LogP contribution < -0.4 is 16.0 Å². The third-order valence-electron chi connectivity index (χ3n) is 4.32. The zero-order chi connectivity index (χ0) is 16.9. The summed E-state index contributed by atoms with van der Waals surface area (Å²) in [6, 6.07) is 15.4. The molecule has 126 valence electrons. The van der Waals surface area contributed by atoms with Crippen molar-refractivity contribution in [2.45, 2.75) is 25.3 Å². The van der Waals surface area contributed by atoms with E-state index in [4.69, 9.17) is 17.3 Å². The molecule has 3 rings (SSSR count). The number of piperidine rings is 1. The zero-order valence-corrected chi connectivity index (χ0v) is 14.3. The molecule has 24 heavy (non-hydrogen) atoms. The lowest BCUT2D eigenvalue weighted by Crippen LogP contribution is -2.48. The lowest BCUT2D eigenvalue weighted by atomic mass is 10.0. The minimum absolute atomic E-state index is 0.0470. The third-order valence-corrected chi connectivity index (χ3v) is 4.64. The number of hydrogen-bond acceptors (Lipinski definition) is 3. The van der Waals surface area contributed by atoms with Gasteiger partial charge in [-0.15, -0.1) is 0 Å². The van der Waals surface area contributed by atoms with Crippen LogP contribution in [0.4, 0.5) is 11.4 Å². The van der Waals surface area contributed by atoms with E-state index in [-0.39, 0.29) is 11.9 Å². The molecule has 1 heterocycles. The van der Waals surface area contributed by atoms with Crippen LogP contribution in [0.2, 0.25) is 5.02 Å². The van der Waals surface area contributed by atoms with Crippen LogP contribution in [0.15, 0.2) is 48.5 Å². The summed E-state index contributed by atoms with van der Waals surface area (Å²) in [4.78, 5) is 14.5. The average Bonchev–Trinajstić information content (AvgIpc) is 2.57. The fourth-order valence-electron chi connectivity index (χ4n) is 3.12. The number of para-hydroxylation sites is 1. The first kappa shape index (κ1) is 16.7. The number of halogens is 1. The monoisotopic (exact) mass is 343 g/mol. The normalized spacial score (nSPS) is 17.5. The SMILES string of the molecule is Nc1ccc(CC(=O)NC2CCCN(c3ccccc3Cl)C2)cc1. The molecule has 1 amide bonds. The molecule has 4 nitrogen and oxygen atoms in total. The number of nitrogens with two attached hydrogens (primary N) is 1. The Morgan fingerprint density at radius 3 is 2.71 bits per heavy atom. The second-order valence-corrected chi connectivity index (χ2v) is 6.63. The fraction of sp³-hybridized carbons (Fsp3) is 0.316. The van der Waals surface area contributed by atoms with E-state index in [0.717, 1.165) is 42.2 Å². The molecule has 0 spiro atoms. The molecular weight excluding hydrogens is 322 g/mol. The summed E-state index contributed by atoms with van der Waals surface area (Å²) in [7, 11) is 0. The summed E-state index contributed by atoms with van der Waals surface area (Å²) in [5, 5.41) is 3.90. The number of amides is 1. The van der Waals surface area contributed by atoms with Crippen molar-refractivity contribution in [1.82, 2.24) is 5.32 Å². The first-order valence-corrected chi connectivity index (χ1v) is 8.63. The molecule has 1 aliphatic rings. The van der Waals surface area contributed by atoms with Crippen LogP contribution in [-0.2, 0) is 11.2 Å². The van der Waals surface area contributed by atoms with Crippen LogP contribution in [0.25, 0.3) is 0 Å². The molecule has 0 aliphatic carbocycles. The second kappa shape index (κ2) is 7.58. The maximum absolute atomic E-state index is 12.3. The van der Waals surface area contributed by atoms with Gasteiger partial charge in [-0.25, -0.2) is 0 Å². The highest BCUT2D eigenvalue weighted by molar-refractivity contribution is 6.33. The Labute approximate surface area is 147 Å². The molecule has 0 saturated carbocycles. The number of nitrogen functional groups attached to an aromatic ring is 1. The van der Waals surface area contributed by atoms with Crippen molar-refractivity contribution >= 4 is 28.9 Å². The topological polar surface area (TPSA) is 58.4 Å². The van der Waals surface area contributed by atoms with Gasteiger partial charge >= 0.3 is 0 Å². The predicted octanol–water partition coefficient (Wildman–Crippen LogP) is 3.25. The Bertz CT molecular complexity index is 702. The van der Waals surface area contributed by atoms with Gasteiger partial charge in [0.2, 0.25) is 5.91 Å². The van der Waals surface area contributed by atoms with E-state index in [1.54, 1.807) is 0 Å². The number of nitrogens with one attached hydrogen (secondary N) is 1. The molecule has 0 bridgehead atoms. The quantitative estimate of drug-likeness (QED) is 0.838. The van der Waals surface area contributed by atoms with Crippen LogP contribution in [0.1, 0.15) is 18.4 Å². The Hall–Kier alpha value is -2.20. The summed E-state index contributed by atoms with van der Waals surface area (Å²) in [5.41, 5.74) is 8.39. The van der Waals surface area contributed by atoms with Crippen molar-refractivity contribution in [2.24, 2.45) is 0 Å². The zero-order valence-electron chi connectivity index (χ0n) is 13.5. The average molecular weight is 344 g/mol. The maximum Gasteiger partial charge on any atom is 0.224 e. The summed E-state index contributed by atoms with van der Waals surface area (Å²) in [6.45, 7) is 1.76. The van der Waals surface area contributed by atoms with Crippen LogP contribution in [0, 0.1) is 0 Å². The van der Waals surface area contributed by atoms with E-state index in [0.29, 0.717) is 12.1 Å². The highest BCUT2D eigenvalue weighted by atomic mass is 35.5. The molecule has 2 aromatic carbocycles. The van der Waals surface area contributed by atoms with Crippen molar-refractivity contribution in [3.8, 4) is 0 Å². The van der Waals surface area contributed by atoms with Crippen LogP contribution in [-0.4, -0.2) is 25.0 Å². The highest BCUT2D eigenvalue weighted by Gasteiger charge is 2.22. The van der Waals surface area contributed by atoms with Crippen molar-refractivity contribution in [3.63, 3.8) is 0 Å². The number of rotatable bonds is 4. The molecule has 0 radical (unpaired) electrons. The lowest BCUT2D eigenvalue weighted by molar-refractivity contribution is -0.121. The number of carbonyl (C=O) groups excluding carboxylic acids is 1. The van der Waals surface area contributed by atoms with Gasteiger partial charge in [0.05, 0.1) is 17.1 Å². The summed E-state index contributed by atoms with van der Waals surface area (Å²) < 4.78 is 0. The first-order chi connectivity index (χ1) is 11.6. The summed E-state index contributed by atoms with van der Waals surface area (Å²) >= 11 is 6.29. The summed E-state index contributed by atoms with van der Waals surface area (Å²) in [5.74, 6) is 0.0470. The smallest absolute Gasteiger partial charge is 0.224 e. The molecular formula is C19H22ClN3O. The van der Waals surface area contributed by atoms with Gasteiger partial charge in [0, 0.05) is 24.8 Å². The summed E-state index contributed by atoms with van der Waals surface area (Å²) in [6.07, 6.45) is 2.41. The second-order valence-electron chi connectivity index (χ2n) is 6.22. The highest BCUT2D eigenvalue weighted by Crippen LogP contribution is 2.27. The molecule has 1 fully saturated rings. The van der Waals surface area contributed by atoms with E-state index in [1.165, 1.54) is 0 Å². The lowest BCUT2D eigenvalue weighted by Gasteiger charge is -2.35. The van der Waals surface area contributed by atoms with E-state index < -0.39 is 0 Å². The molecule has 5 heteroatoms. The Morgan fingerprint density at radius 2 is 1.96 bits per heavy atom. The third kappa shape index (κ3) is 4.20. The minimum atomic E-state index is 0.0470. The molecule has 1 atom stereocenters. The van der Waals surface area contributed by atoms with Crippen molar-refractivity contribution < 1.29 is 4.79 Å². The standard InChI is InChI=1S/C19H22ClN3O/c20-17-5-1-2-6-18(17)23-11-3-4-16(13-23)22-19(24)12-14-7-9-15(21)10-8-14/h1-2,5-10,16H,3-4,11-13,21H2,(H,22,24). The van der Waals surface area contributed by atoms with Crippen molar-refractivity contribution in [3.05, 3.63) is 59.1 Å². The van der Waals surface area contributed by atoms with Gasteiger partial charge in [-0.3, -0.25) is 4.79 Å². The fourth-order valence-corrected chi connectivity index (χ4v) is 3.38. The van der Waals surface area contributed by atoms with Gasteiger partial charge in [-0.1, -0.05) is 35.9 Å². The van der Waals surface area contributed by atoms with E-state index >= 15 is 0 Å². The van der Waals surface area contributed by atoms with Crippen molar-refractivity contribution in [2.75, 3.05) is 23.7 Å². The van der Waals surface area contributed by atoms with E-state index in [1.807, 2.05) is 48.5 Å². The van der Waals surface area contributed by atoms with Gasteiger partial charge in [0.1, 0.15) is 0 Å². The molecule has 2 aromatic rings. The van der Waals surface area contributed by atoms with Gasteiger partial charge in [0.25, 0.3) is 0 Å². The van der Waals surface area contributed by atoms with E-state index in [9.17, 15) is 4.79 Å². The number of hydrogen-bond donors (Lipinski definition) is 2. The van der Waals surface area contributed by atoms with Crippen LogP contribution in [0.3, 0.4) is 0 Å². The number of nitrogens with zero attached hydrogens (tertiary/aromatic N) is 1. The largest absolute Gasteiger partial charge is 0.399 e. The van der Waals surface area contributed by atoms with Crippen LogP contribution in [0.5, 0.6) is 0 Å². The number of anilines is 2. The molecule has 1 aliphatic heterocycles. The predicted molar refractivity (Wildman–Crippen MR) is 99.4 cm³/mol. The minimum Gasteiger partial charge on any atom is -0.399 e. The van der Waals surface area contributed by atoms with Gasteiger partial charge < -0.3 is 16.0 Å². The van der Waals surface area contributed by atoms with Gasteiger partial charge in [-0.2, -0.15) is 0 Å². The number of benzene rings is 2. The van der Waals surface area contributed by atoms with E-state index in [2.05, 4.69) is 10.2 Å². The molecule has 1 unspecified atom stereocenters. The number of carbonyl (C=O) groups is 1. The van der Waals surface area contributed by atoms with Gasteiger partial charge in [-0.05, 0) is 42.7 Å². The van der Waals surface area contributed by atoms with Crippen molar-refractivity contribution in [1.29, 1.82) is 0 Å². The Kier molecular flexibility index (Phi) is 5.26. The maximum atomic E-state index is 12.3. The Morgan fingerprint density at radius 1 is 1.21 bits per heavy atom. The van der Waals surface area contributed by atoms with Gasteiger partial charge in [0.15, 0.2) is 0 Å².